The van der Waals surface area contributed by atoms with Crippen LogP contribution in [0.1, 0.15) is 40.5 Å². The lowest BCUT2D eigenvalue weighted by atomic mass is 9.35. The van der Waals surface area contributed by atoms with E-state index in [1.165, 1.54) is 6.92 Å². The van der Waals surface area contributed by atoms with Crippen LogP contribution in [0.3, 0.4) is 0 Å². The van der Waals surface area contributed by atoms with Gasteiger partial charge in [-0.05, 0) is 18.3 Å². The molecule has 0 aromatic heterocycles. The van der Waals surface area contributed by atoms with Gasteiger partial charge < -0.3 is 20.1 Å². The second-order valence-corrected chi connectivity index (χ2v) is 8.19. The highest BCUT2D eigenvalue weighted by atomic mass is 16.6. The molecule has 124 valence electrons. The Hall–Kier alpha value is -0.910. The lowest BCUT2D eigenvalue weighted by molar-refractivity contribution is -0.332. The zero-order valence-electron chi connectivity index (χ0n) is 13.7. The third kappa shape index (κ3) is 1.52. The molecule has 0 aromatic rings. The van der Waals surface area contributed by atoms with E-state index in [2.05, 4.69) is 0 Å². The van der Waals surface area contributed by atoms with Gasteiger partial charge in [-0.25, -0.2) is 0 Å². The van der Waals surface area contributed by atoms with Gasteiger partial charge in [0.2, 0.25) is 0 Å². The first-order chi connectivity index (χ1) is 10.0. The van der Waals surface area contributed by atoms with Gasteiger partial charge in [0.15, 0.2) is 0 Å². The molecule has 6 unspecified atom stereocenters. The van der Waals surface area contributed by atoms with Crippen molar-refractivity contribution in [1.29, 1.82) is 0 Å². The molecular formula is C17H26O5. The zero-order chi connectivity index (χ0) is 16.6. The van der Waals surface area contributed by atoms with Crippen molar-refractivity contribution in [3.63, 3.8) is 0 Å². The molecule has 0 amide bonds. The molecular weight excluding hydrogens is 284 g/mol. The third-order valence-electron chi connectivity index (χ3n) is 6.91. The molecule has 0 aliphatic heterocycles. The zero-order valence-corrected chi connectivity index (χ0v) is 13.7. The summed E-state index contributed by atoms with van der Waals surface area (Å²) in [6.45, 7) is 7.04. The average Bonchev–Trinajstić information content (AvgIpc) is 2.67. The maximum Gasteiger partial charge on any atom is 0.303 e. The van der Waals surface area contributed by atoms with Crippen LogP contribution in [0.4, 0.5) is 0 Å². The first-order valence-corrected chi connectivity index (χ1v) is 7.93. The highest BCUT2D eigenvalue weighted by Crippen LogP contribution is 2.73. The van der Waals surface area contributed by atoms with Gasteiger partial charge in [-0.2, -0.15) is 0 Å². The molecule has 2 saturated carbocycles. The van der Waals surface area contributed by atoms with Crippen LogP contribution in [-0.2, 0) is 9.53 Å². The Balaban J connectivity index is 2.10. The van der Waals surface area contributed by atoms with Gasteiger partial charge in [0.25, 0.3) is 0 Å². The second-order valence-electron chi connectivity index (χ2n) is 8.19. The van der Waals surface area contributed by atoms with Crippen LogP contribution in [0.5, 0.6) is 0 Å². The smallest absolute Gasteiger partial charge is 0.303 e. The van der Waals surface area contributed by atoms with Gasteiger partial charge in [-0.1, -0.05) is 32.9 Å². The first-order valence-electron chi connectivity index (χ1n) is 7.93. The highest BCUT2D eigenvalue weighted by molar-refractivity contribution is 5.66. The minimum Gasteiger partial charge on any atom is -0.459 e. The van der Waals surface area contributed by atoms with Crippen LogP contribution in [0.25, 0.3) is 0 Å². The summed E-state index contributed by atoms with van der Waals surface area (Å²) in [6.07, 6.45) is 3.24. The Morgan fingerprint density at radius 3 is 2.45 bits per heavy atom. The summed E-state index contributed by atoms with van der Waals surface area (Å²) in [7, 11) is 0. The van der Waals surface area contributed by atoms with Crippen molar-refractivity contribution in [1.82, 2.24) is 0 Å². The van der Waals surface area contributed by atoms with E-state index in [4.69, 9.17) is 4.74 Å². The molecule has 0 radical (unpaired) electrons. The van der Waals surface area contributed by atoms with E-state index in [-0.39, 0.29) is 12.5 Å². The molecule has 5 nitrogen and oxygen atoms in total. The van der Waals surface area contributed by atoms with E-state index in [0.29, 0.717) is 12.8 Å². The Labute approximate surface area is 131 Å². The molecule has 0 aromatic carbocycles. The van der Waals surface area contributed by atoms with Gasteiger partial charge in [-0.3, -0.25) is 4.79 Å². The third-order valence-corrected chi connectivity index (χ3v) is 6.91. The SMILES string of the molecule is CC(=O)OC1CC2(C)C(O)C=CC2(CO)C2CC(C)(C)C12O. The molecule has 0 heterocycles. The van der Waals surface area contributed by atoms with Crippen LogP contribution in [0.15, 0.2) is 12.2 Å². The monoisotopic (exact) mass is 310 g/mol. The number of fused-ring (bicyclic) bond motifs is 3. The molecule has 2 fully saturated rings. The van der Waals surface area contributed by atoms with Gasteiger partial charge in [0.05, 0.1) is 12.7 Å². The molecule has 3 aliphatic rings. The van der Waals surface area contributed by atoms with E-state index >= 15 is 0 Å². The summed E-state index contributed by atoms with van der Waals surface area (Å²) in [6, 6.07) is 0. The number of aliphatic hydroxyl groups excluding tert-OH is 2. The minimum absolute atomic E-state index is 0.132. The van der Waals surface area contributed by atoms with Crippen LogP contribution < -0.4 is 0 Å². The molecule has 3 rings (SSSR count). The van der Waals surface area contributed by atoms with E-state index < -0.39 is 40.0 Å². The summed E-state index contributed by atoms with van der Waals surface area (Å²) in [4.78, 5) is 11.5. The number of carbonyl (C=O) groups is 1. The molecule has 0 bridgehead atoms. The van der Waals surface area contributed by atoms with Crippen molar-refractivity contribution in [2.24, 2.45) is 22.2 Å². The summed E-state index contributed by atoms with van der Waals surface area (Å²) in [5.74, 6) is -0.670. The van der Waals surface area contributed by atoms with Gasteiger partial charge >= 0.3 is 5.97 Å². The molecule has 0 saturated heterocycles. The van der Waals surface area contributed by atoms with Crippen LogP contribution >= 0.6 is 0 Å². The number of hydrogen-bond acceptors (Lipinski definition) is 5. The van der Waals surface area contributed by atoms with E-state index in [1.807, 2.05) is 26.8 Å². The van der Waals surface area contributed by atoms with E-state index in [9.17, 15) is 20.1 Å². The fraction of sp³-hybridized carbons (Fsp3) is 0.824. The Morgan fingerprint density at radius 2 is 1.95 bits per heavy atom. The molecule has 0 spiro atoms. The second kappa shape index (κ2) is 4.34. The Kier molecular flexibility index (Phi) is 3.15. The number of hydrogen-bond donors (Lipinski definition) is 3. The molecule has 3 N–H and O–H groups in total. The van der Waals surface area contributed by atoms with E-state index in [0.717, 1.165) is 0 Å². The van der Waals surface area contributed by atoms with Crippen molar-refractivity contribution in [2.75, 3.05) is 6.61 Å². The predicted molar refractivity (Wildman–Crippen MR) is 79.8 cm³/mol. The molecule has 3 aliphatic carbocycles. The van der Waals surface area contributed by atoms with Crippen LogP contribution in [0, 0.1) is 22.2 Å². The van der Waals surface area contributed by atoms with Crippen LogP contribution in [-0.4, -0.2) is 45.7 Å². The van der Waals surface area contributed by atoms with Gasteiger partial charge in [-0.15, -0.1) is 0 Å². The predicted octanol–water partition coefficient (Wildman–Crippen LogP) is 1.01. The summed E-state index contributed by atoms with van der Waals surface area (Å²) >= 11 is 0. The standard InChI is InChI=1S/C17H26O5/c1-10(19)22-13-8-15(4)12(20)5-6-16(15,9-18)11-7-14(2,3)17(11,13)21/h5-6,11-13,18,20-21H,7-9H2,1-4H3. The molecule has 22 heavy (non-hydrogen) atoms. The summed E-state index contributed by atoms with van der Waals surface area (Å²) < 4.78 is 5.47. The number of ether oxygens (including phenoxy) is 1. The highest BCUT2D eigenvalue weighted by Gasteiger charge is 2.77. The summed E-state index contributed by atoms with van der Waals surface area (Å²) in [5, 5.41) is 32.0. The van der Waals surface area contributed by atoms with Crippen molar-refractivity contribution >= 4 is 5.97 Å². The first kappa shape index (κ1) is 16.0. The van der Waals surface area contributed by atoms with Crippen molar-refractivity contribution in [2.45, 2.75) is 58.3 Å². The summed E-state index contributed by atoms with van der Waals surface area (Å²) in [5.41, 5.74) is -2.90. The van der Waals surface area contributed by atoms with Gasteiger partial charge in [0.1, 0.15) is 11.7 Å². The Bertz CT molecular complexity index is 541. The maximum atomic E-state index is 11.5. The average molecular weight is 310 g/mol. The number of carbonyl (C=O) groups excluding carboxylic acids is 1. The quantitative estimate of drug-likeness (QED) is 0.523. The maximum absolute atomic E-state index is 11.5. The normalized spacial score (nSPS) is 51.7. The minimum atomic E-state index is -1.19. The van der Waals surface area contributed by atoms with Crippen molar-refractivity contribution in [3.05, 3.63) is 12.2 Å². The lowest BCUT2D eigenvalue weighted by Crippen LogP contribution is -2.78. The largest absolute Gasteiger partial charge is 0.459 e. The van der Waals surface area contributed by atoms with Crippen molar-refractivity contribution in [3.8, 4) is 0 Å². The molecule has 5 heteroatoms. The Morgan fingerprint density at radius 1 is 1.32 bits per heavy atom. The lowest BCUT2D eigenvalue weighted by Gasteiger charge is -2.71. The molecule has 6 atom stereocenters. The van der Waals surface area contributed by atoms with Crippen LogP contribution in [0.2, 0.25) is 0 Å². The number of aliphatic hydroxyl groups is 3. The number of esters is 1. The van der Waals surface area contributed by atoms with Gasteiger partial charge in [0, 0.05) is 23.7 Å². The number of rotatable bonds is 2. The van der Waals surface area contributed by atoms with E-state index in [1.54, 1.807) is 6.08 Å². The topological polar surface area (TPSA) is 87.0 Å². The van der Waals surface area contributed by atoms with Crippen molar-refractivity contribution < 1.29 is 24.9 Å². The fourth-order valence-electron chi connectivity index (χ4n) is 5.39. The fourth-order valence-corrected chi connectivity index (χ4v) is 5.39.